The summed E-state index contributed by atoms with van der Waals surface area (Å²) in [5, 5.41) is 6.91. The minimum absolute atomic E-state index is 0.590. The van der Waals surface area contributed by atoms with Crippen molar-refractivity contribution in [2.45, 2.75) is 6.42 Å². The molecular weight excluding hydrogens is 338 g/mol. The van der Waals surface area contributed by atoms with Gasteiger partial charge in [-0.25, -0.2) is 0 Å². The van der Waals surface area contributed by atoms with Crippen molar-refractivity contribution < 1.29 is 9.47 Å². The first-order valence-electron chi connectivity index (χ1n) is 8.77. The second-order valence-electron chi connectivity index (χ2n) is 5.99. The molecule has 2 aromatic carbocycles. The van der Waals surface area contributed by atoms with Gasteiger partial charge in [-0.2, -0.15) is 5.10 Å². The first-order chi connectivity index (χ1) is 13.4. The predicted molar refractivity (Wildman–Crippen MR) is 104 cm³/mol. The fourth-order valence-corrected chi connectivity index (χ4v) is 2.68. The molecule has 4 aromatic rings. The number of pyridine rings is 1. The lowest BCUT2D eigenvalue weighted by Gasteiger charge is -2.09. The van der Waals surface area contributed by atoms with Crippen molar-refractivity contribution in [3.8, 4) is 28.5 Å². The van der Waals surface area contributed by atoms with Gasteiger partial charge < -0.3 is 9.47 Å². The molecule has 5 nitrogen and oxygen atoms in total. The van der Waals surface area contributed by atoms with Crippen molar-refractivity contribution in [3.63, 3.8) is 0 Å². The van der Waals surface area contributed by atoms with Gasteiger partial charge in [0.15, 0.2) is 0 Å². The van der Waals surface area contributed by atoms with E-state index in [1.807, 2.05) is 72.8 Å². The topological polar surface area (TPSA) is 60.0 Å². The molecule has 5 heteroatoms. The van der Waals surface area contributed by atoms with Crippen LogP contribution in [0.5, 0.6) is 17.2 Å². The van der Waals surface area contributed by atoms with Crippen LogP contribution < -0.4 is 9.47 Å². The third-order valence-corrected chi connectivity index (χ3v) is 4.08. The molecule has 0 amide bonds. The van der Waals surface area contributed by atoms with Crippen LogP contribution in [0.15, 0.2) is 85.2 Å². The Kier molecular flexibility index (Phi) is 5.11. The van der Waals surface area contributed by atoms with E-state index in [0.29, 0.717) is 6.61 Å². The number of aromatic amines is 1. The van der Waals surface area contributed by atoms with E-state index in [4.69, 9.17) is 9.47 Å². The highest BCUT2D eigenvalue weighted by atomic mass is 16.5. The summed E-state index contributed by atoms with van der Waals surface area (Å²) >= 11 is 0. The summed E-state index contributed by atoms with van der Waals surface area (Å²) < 4.78 is 11.7. The molecule has 2 aromatic heterocycles. The number of rotatable bonds is 7. The largest absolute Gasteiger partial charge is 0.493 e. The van der Waals surface area contributed by atoms with Crippen LogP contribution in [0.3, 0.4) is 0 Å². The van der Waals surface area contributed by atoms with Crippen molar-refractivity contribution >= 4 is 0 Å². The third kappa shape index (κ3) is 4.52. The number of hydrogen-bond donors (Lipinski definition) is 1. The molecule has 0 fully saturated rings. The molecule has 0 aliphatic carbocycles. The average molecular weight is 357 g/mol. The highest BCUT2D eigenvalue weighted by Crippen LogP contribution is 2.26. The minimum Gasteiger partial charge on any atom is -0.493 e. The van der Waals surface area contributed by atoms with Gasteiger partial charge in [-0.15, -0.1) is 0 Å². The lowest BCUT2D eigenvalue weighted by molar-refractivity contribution is 0.320. The highest BCUT2D eigenvalue weighted by molar-refractivity contribution is 5.59. The number of H-pyrrole nitrogens is 1. The molecule has 0 radical (unpaired) electrons. The Hall–Kier alpha value is -3.60. The molecule has 0 saturated carbocycles. The zero-order chi connectivity index (χ0) is 18.3. The number of ether oxygens (including phenoxy) is 2. The SMILES string of the molecule is c1ccc(CCOc2ccc(Oc3ccc(-c4ccn[nH]4)cc3)cc2)nc1. The van der Waals surface area contributed by atoms with E-state index in [-0.39, 0.29) is 0 Å². The quantitative estimate of drug-likeness (QED) is 0.512. The van der Waals surface area contributed by atoms with Crippen LogP contribution in [0, 0.1) is 0 Å². The van der Waals surface area contributed by atoms with Crippen LogP contribution in [-0.2, 0) is 6.42 Å². The summed E-state index contributed by atoms with van der Waals surface area (Å²) in [6.07, 6.45) is 4.31. The highest BCUT2D eigenvalue weighted by Gasteiger charge is 2.02. The monoisotopic (exact) mass is 357 g/mol. The van der Waals surface area contributed by atoms with Crippen molar-refractivity contribution in [2.75, 3.05) is 6.61 Å². The zero-order valence-corrected chi connectivity index (χ0v) is 14.7. The second-order valence-corrected chi connectivity index (χ2v) is 5.99. The van der Waals surface area contributed by atoms with Crippen LogP contribution >= 0.6 is 0 Å². The molecule has 0 aliphatic heterocycles. The fraction of sp³-hybridized carbons (Fsp3) is 0.0909. The van der Waals surface area contributed by atoms with Crippen LogP contribution in [-0.4, -0.2) is 21.8 Å². The maximum atomic E-state index is 5.89. The summed E-state index contributed by atoms with van der Waals surface area (Å²) in [4.78, 5) is 4.29. The number of nitrogens with zero attached hydrogens (tertiary/aromatic N) is 2. The Morgan fingerprint density at radius 3 is 2.15 bits per heavy atom. The van der Waals surface area contributed by atoms with E-state index in [0.717, 1.165) is 40.6 Å². The van der Waals surface area contributed by atoms with Crippen LogP contribution in [0.2, 0.25) is 0 Å². The molecule has 2 heterocycles. The molecule has 4 rings (SSSR count). The van der Waals surface area contributed by atoms with Gasteiger partial charge in [0.25, 0.3) is 0 Å². The predicted octanol–water partition coefficient (Wildman–Crippen LogP) is 4.89. The summed E-state index contributed by atoms with van der Waals surface area (Å²) in [5.74, 6) is 2.36. The summed E-state index contributed by atoms with van der Waals surface area (Å²) in [6.45, 7) is 0.590. The van der Waals surface area contributed by atoms with Crippen LogP contribution in [0.1, 0.15) is 5.69 Å². The van der Waals surface area contributed by atoms with Gasteiger partial charge in [0.2, 0.25) is 0 Å². The number of aromatic nitrogens is 3. The van der Waals surface area contributed by atoms with Crippen molar-refractivity contribution in [3.05, 3.63) is 90.9 Å². The average Bonchev–Trinajstić information content (AvgIpc) is 3.26. The first-order valence-corrected chi connectivity index (χ1v) is 8.77. The van der Waals surface area contributed by atoms with E-state index in [2.05, 4.69) is 15.2 Å². The standard InChI is InChI=1S/C22H19N3O2/c1-2-14-23-18(3-1)13-16-26-19-8-10-21(11-9-19)27-20-6-4-17(5-7-20)22-12-15-24-25-22/h1-12,14-15H,13,16H2,(H,24,25). The Labute approximate surface area is 157 Å². The van der Waals surface area contributed by atoms with Gasteiger partial charge in [0, 0.05) is 24.5 Å². The number of nitrogens with one attached hydrogen (secondary N) is 1. The van der Waals surface area contributed by atoms with E-state index in [9.17, 15) is 0 Å². The maximum Gasteiger partial charge on any atom is 0.127 e. The van der Waals surface area contributed by atoms with Gasteiger partial charge in [-0.1, -0.05) is 6.07 Å². The van der Waals surface area contributed by atoms with E-state index < -0.39 is 0 Å². The molecule has 0 bridgehead atoms. The molecule has 0 aliphatic rings. The van der Waals surface area contributed by atoms with Crippen molar-refractivity contribution in [1.82, 2.24) is 15.2 Å². The van der Waals surface area contributed by atoms with E-state index >= 15 is 0 Å². The Morgan fingerprint density at radius 2 is 1.48 bits per heavy atom. The first kappa shape index (κ1) is 16.8. The second kappa shape index (κ2) is 8.19. The molecule has 0 unspecified atom stereocenters. The lowest BCUT2D eigenvalue weighted by atomic mass is 10.1. The summed E-state index contributed by atoms with van der Waals surface area (Å²) in [7, 11) is 0. The van der Waals surface area contributed by atoms with Gasteiger partial charge in [0.05, 0.1) is 12.3 Å². The van der Waals surface area contributed by atoms with Gasteiger partial charge >= 0.3 is 0 Å². The number of benzene rings is 2. The van der Waals surface area contributed by atoms with Gasteiger partial charge in [-0.05, 0) is 72.3 Å². The summed E-state index contributed by atoms with van der Waals surface area (Å²) in [6, 6.07) is 23.3. The van der Waals surface area contributed by atoms with Crippen molar-refractivity contribution in [2.24, 2.45) is 0 Å². The molecular formula is C22H19N3O2. The molecule has 0 spiro atoms. The molecule has 27 heavy (non-hydrogen) atoms. The molecule has 0 atom stereocenters. The smallest absolute Gasteiger partial charge is 0.127 e. The fourth-order valence-electron chi connectivity index (χ4n) is 2.68. The molecule has 0 saturated heterocycles. The molecule has 134 valence electrons. The third-order valence-electron chi connectivity index (χ3n) is 4.08. The number of hydrogen-bond acceptors (Lipinski definition) is 4. The zero-order valence-electron chi connectivity index (χ0n) is 14.7. The Morgan fingerprint density at radius 1 is 0.741 bits per heavy atom. The van der Waals surface area contributed by atoms with Crippen LogP contribution in [0.25, 0.3) is 11.3 Å². The van der Waals surface area contributed by atoms with Gasteiger partial charge in [-0.3, -0.25) is 10.1 Å². The lowest BCUT2D eigenvalue weighted by Crippen LogP contribution is -2.02. The minimum atomic E-state index is 0.590. The van der Waals surface area contributed by atoms with Gasteiger partial charge in [0.1, 0.15) is 17.2 Å². The summed E-state index contributed by atoms with van der Waals surface area (Å²) in [5.41, 5.74) is 3.07. The van der Waals surface area contributed by atoms with Crippen molar-refractivity contribution in [1.29, 1.82) is 0 Å². The van der Waals surface area contributed by atoms with Crippen LogP contribution in [0.4, 0.5) is 0 Å². The van der Waals surface area contributed by atoms with E-state index in [1.165, 1.54) is 0 Å². The Bertz CT molecular complexity index is 951. The Balaban J connectivity index is 1.31. The normalized spacial score (nSPS) is 10.5. The maximum absolute atomic E-state index is 5.89. The van der Waals surface area contributed by atoms with E-state index in [1.54, 1.807) is 12.4 Å². The molecule has 1 N–H and O–H groups in total.